The first kappa shape index (κ1) is 20.9. The minimum Gasteiger partial charge on any atom is -0.487 e. The largest absolute Gasteiger partial charge is 0.487 e. The first-order chi connectivity index (χ1) is 13.7. The number of ether oxygens (including phenoxy) is 1. The Morgan fingerprint density at radius 2 is 1.41 bits per heavy atom. The molecule has 0 spiro atoms. The Kier molecular flexibility index (Phi) is 5.94. The van der Waals surface area contributed by atoms with Crippen molar-refractivity contribution in [2.75, 3.05) is 0 Å². The molecule has 1 unspecified atom stereocenters. The van der Waals surface area contributed by atoms with Gasteiger partial charge in [0.2, 0.25) is 0 Å². The fourth-order valence-corrected chi connectivity index (χ4v) is 3.17. The highest BCUT2D eigenvalue weighted by Gasteiger charge is 2.33. The van der Waals surface area contributed by atoms with Crippen molar-refractivity contribution in [3.8, 4) is 5.75 Å². The Morgan fingerprint density at radius 1 is 0.862 bits per heavy atom. The highest BCUT2D eigenvalue weighted by Crippen LogP contribution is 2.36. The van der Waals surface area contributed by atoms with Crippen molar-refractivity contribution in [3.05, 3.63) is 94.8 Å². The van der Waals surface area contributed by atoms with Crippen LogP contribution in [0.3, 0.4) is 0 Å². The third-order valence-electron chi connectivity index (χ3n) is 4.87. The minimum atomic E-state index is -4.41. The maximum Gasteiger partial charge on any atom is 0.416 e. The van der Waals surface area contributed by atoms with E-state index in [1.807, 2.05) is 25.1 Å². The Morgan fingerprint density at radius 3 is 1.93 bits per heavy atom. The molecule has 1 heterocycles. The number of aryl methyl sites for hydroxylation is 1. The van der Waals surface area contributed by atoms with Crippen LogP contribution in [0.4, 0.5) is 13.2 Å². The van der Waals surface area contributed by atoms with Gasteiger partial charge in [0.1, 0.15) is 18.0 Å². The van der Waals surface area contributed by atoms with Crippen molar-refractivity contribution in [3.63, 3.8) is 0 Å². The predicted octanol–water partition coefficient (Wildman–Crippen LogP) is 5.63. The third-order valence-corrected chi connectivity index (χ3v) is 4.87. The third kappa shape index (κ3) is 4.77. The summed E-state index contributed by atoms with van der Waals surface area (Å²) in [7, 11) is 0. The van der Waals surface area contributed by atoms with Crippen molar-refractivity contribution < 1.29 is 23.0 Å². The first-order valence-corrected chi connectivity index (χ1v) is 9.28. The predicted molar refractivity (Wildman–Crippen MR) is 104 cm³/mol. The minimum absolute atomic E-state index is 0.311. The smallest absolute Gasteiger partial charge is 0.416 e. The number of aliphatic hydroxyl groups is 1. The molecule has 0 fully saturated rings. The lowest BCUT2D eigenvalue weighted by atomic mass is 9.84. The lowest BCUT2D eigenvalue weighted by Crippen LogP contribution is -2.26. The lowest BCUT2D eigenvalue weighted by Gasteiger charge is -2.28. The van der Waals surface area contributed by atoms with E-state index >= 15 is 0 Å². The van der Waals surface area contributed by atoms with Crippen LogP contribution in [0.1, 0.15) is 41.4 Å². The summed E-state index contributed by atoms with van der Waals surface area (Å²) in [5.41, 5.74) is 0.579. The van der Waals surface area contributed by atoms with Crippen molar-refractivity contribution in [2.45, 2.75) is 38.7 Å². The molecule has 3 nitrogen and oxygen atoms in total. The number of rotatable bonds is 6. The van der Waals surface area contributed by atoms with Crippen molar-refractivity contribution >= 4 is 0 Å². The molecule has 0 aliphatic heterocycles. The van der Waals surface area contributed by atoms with Gasteiger partial charge < -0.3 is 9.84 Å². The highest BCUT2D eigenvalue weighted by molar-refractivity contribution is 5.40. The summed E-state index contributed by atoms with van der Waals surface area (Å²) >= 11 is 0. The molecule has 0 aliphatic carbocycles. The molecule has 29 heavy (non-hydrogen) atoms. The van der Waals surface area contributed by atoms with E-state index < -0.39 is 17.3 Å². The van der Waals surface area contributed by atoms with E-state index in [2.05, 4.69) is 4.98 Å². The molecule has 1 aromatic heterocycles. The molecule has 0 bridgehead atoms. The quantitative estimate of drug-likeness (QED) is 0.582. The molecule has 0 saturated carbocycles. The van der Waals surface area contributed by atoms with Crippen LogP contribution < -0.4 is 4.74 Å². The van der Waals surface area contributed by atoms with Gasteiger partial charge in [-0.2, -0.15) is 13.2 Å². The molecule has 6 heteroatoms. The molecule has 3 rings (SSSR count). The second kappa shape index (κ2) is 8.25. The molecular weight excluding hydrogens is 379 g/mol. The van der Waals surface area contributed by atoms with E-state index in [0.717, 1.165) is 23.5 Å². The van der Waals surface area contributed by atoms with Gasteiger partial charge in [-0.15, -0.1) is 0 Å². The van der Waals surface area contributed by atoms with E-state index in [1.54, 1.807) is 31.2 Å². The van der Waals surface area contributed by atoms with Crippen LogP contribution in [0.15, 0.2) is 66.7 Å². The zero-order chi connectivity index (χ0) is 21.1. The second-order valence-electron chi connectivity index (χ2n) is 6.87. The first-order valence-electron chi connectivity index (χ1n) is 9.28. The highest BCUT2D eigenvalue weighted by atomic mass is 19.4. The van der Waals surface area contributed by atoms with Crippen LogP contribution >= 0.6 is 0 Å². The molecule has 1 atom stereocenters. The number of hydrogen-bond donors (Lipinski definition) is 1. The van der Waals surface area contributed by atoms with Gasteiger partial charge in [0, 0.05) is 5.69 Å². The fraction of sp³-hybridized carbons (Fsp3) is 0.261. The SMILES string of the molecule is CCC(O)(c1ccc(OCc2cccc(C)n2)cc1)c1ccc(C(F)(F)F)cc1. The summed E-state index contributed by atoms with van der Waals surface area (Å²) in [6.45, 7) is 4.01. The number of aromatic nitrogens is 1. The molecule has 0 saturated heterocycles. The van der Waals surface area contributed by atoms with Gasteiger partial charge in [-0.25, -0.2) is 0 Å². The zero-order valence-corrected chi connectivity index (χ0v) is 16.2. The average molecular weight is 401 g/mol. The molecule has 3 aromatic rings. The Labute approximate surface area is 167 Å². The number of benzene rings is 2. The van der Waals surface area contributed by atoms with E-state index in [9.17, 15) is 18.3 Å². The van der Waals surface area contributed by atoms with Gasteiger partial charge in [0.15, 0.2) is 0 Å². The number of halogens is 3. The normalized spacial score (nSPS) is 13.7. The second-order valence-corrected chi connectivity index (χ2v) is 6.87. The van der Waals surface area contributed by atoms with Crippen LogP contribution in [0.25, 0.3) is 0 Å². The molecule has 0 amide bonds. The molecule has 0 aliphatic rings. The Balaban J connectivity index is 1.77. The monoisotopic (exact) mass is 401 g/mol. The summed E-state index contributed by atoms with van der Waals surface area (Å²) in [5.74, 6) is 0.614. The number of hydrogen-bond acceptors (Lipinski definition) is 3. The maximum absolute atomic E-state index is 12.8. The number of pyridine rings is 1. The molecule has 2 aromatic carbocycles. The Bertz CT molecular complexity index is 953. The average Bonchev–Trinajstić information content (AvgIpc) is 2.71. The Hall–Kier alpha value is -2.86. The van der Waals surface area contributed by atoms with Gasteiger partial charge in [0.25, 0.3) is 0 Å². The lowest BCUT2D eigenvalue weighted by molar-refractivity contribution is -0.137. The topological polar surface area (TPSA) is 42.4 Å². The van der Waals surface area contributed by atoms with Gasteiger partial charge in [0.05, 0.1) is 11.3 Å². The van der Waals surface area contributed by atoms with E-state index in [4.69, 9.17) is 4.74 Å². The molecule has 1 N–H and O–H groups in total. The standard InChI is InChI=1S/C23H22F3NO2/c1-3-22(28,17-7-9-19(10-8-17)23(24,25)26)18-11-13-21(14-12-18)29-15-20-6-4-5-16(2)27-20/h4-14,28H,3,15H2,1-2H3. The summed E-state index contributed by atoms with van der Waals surface area (Å²) < 4.78 is 44.1. The summed E-state index contributed by atoms with van der Waals surface area (Å²) in [6, 6.07) is 17.2. The van der Waals surface area contributed by atoms with Crippen LogP contribution in [-0.2, 0) is 18.4 Å². The summed E-state index contributed by atoms with van der Waals surface area (Å²) in [6.07, 6.45) is -4.10. The number of nitrogens with zero attached hydrogens (tertiary/aromatic N) is 1. The van der Waals surface area contributed by atoms with Crippen LogP contribution in [0.5, 0.6) is 5.75 Å². The molecule has 0 radical (unpaired) electrons. The van der Waals surface area contributed by atoms with Crippen molar-refractivity contribution in [1.29, 1.82) is 0 Å². The van der Waals surface area contributed by atoms with Crippen LogP contribution in [0.2, 0.25) is 0 Å². The molecular formula is C23H22F3NO2. The van der Waals surface area contributed by atoms with Crippen molar-refractivity contribution in [2.24, 2.45) is 0 Å². The molecule has 152 valence electrons. The van der Waals surface area contributed by atoms with Gasteiger partial charge in [-0.3, -0.25) is 4.98 Å². The van der Waals surface area contributed by atoms with Gasteiger partial charge in [-0.05, 0) is 60.9 Å². The van der Waals surface area contributed by atoms with Crippen LogP contribution in [-0.4, -0.2) is 10.1 Å². The van der Waals surface area contributed by atoms with Gasteiger partial charge >= 0.3 is 6.18 Å². The maximum atomic E-state index is 12.8. The summed E-state index contributed by atoms with van der Waals surface area (Å²) in [4.78, 5) is 4.38. The van der Waals surface area contributed by atoms with E-state index in [1.165, 1.54) is 12.1 Å². The number of alkyl halides is 3. The van der Waals surface area contributed by atoms with Crippen molar-refractivity contribution in [1.82, 2.24) is 4.98 Å². The fourth-order valence-electron chi connectivity index (χ4n) is 3.17. The zero-order valence-electron chi connectivity index (χ0n) is 16.2. The summed E-state index contributed by atoms with van der Waals surface area (Å²) in [5, 5.41) is 11.2. The van der Waals surface area contributed by atoms with E-state index in [0.29, 0.717) is 29.9 Å². The van der Waals surface area contributed by atoms with E-state index in [-0.39, 0.29) is 0 Å². The van der Waals surface area contributed by atoms with Gasteiger partial charge in [-0.1, -0.05) is 37.3 Å². The van der Waals surface area contributed by atoms with Crippen LogP contribution in [0, 0.1) is 6.92 Å².